The highest BCUT2D eigenvalue weighted by Gasteiger charge is 2.36. The zero-order chi connectivity index (χ0) is 32.5. The minimum Gasteiger partial charge on any atom is -0.394 e. The molecule has 1 rings (SSSR count). The van der Waals surface area contributed by atoms with E-state index in [-0.39, 0.29) is 0 Å². The normalized spacial score (nSPS) is 15.7. The van der Waals surface area contributed by atoms with Crippen LogP contribution < -0.4 is 0 Å². The largest absolute Gasteiger partial charge is 0.394 e. The molecule has 0 aromatic rings. The lowest BCUT2D eigenvalue weighted by molar-refractivity contribution is 0.0829. The molecule has 1 fully saturated rings. The van der Waals surface area contributed by atoms with Gasteiger partial charge in [-0.1, -0.05) is 38.5 Å². The summed E-state index contributed by atoms with van der Waals surface area (Å²) < 4.78 is 25.4. The van der Waals surface area contributed by atoms with Crippen LogP contribution >= 0.6 is 0 Å². The summed E-state index contributed by atoms with van der Waals surface area (Å²) in [6.45, 7) is 20.0. The maximum Gasteiger partial charge on any atom is 0.338 e. The highest BCUT2D eigenvalue weighted by Crippen LogP contribution is 2.26. The molecular formula is C34H76N4O4Si2. The van der Waals surface area contributed by atoms with E-state index in [1.165, 1.54) is 96.8 Å². The number of unbranched alkanes of at least 4 members (excludes halogenated alkanes) is 6. The number of nitrogens with zero attached hydrogens (tertiary/aromatic N) is 4. The van der Waals surface area contributed by atoms with Gasteiger partial charge in [0.05, 0.1) is 6.67 Å². The Kier molecular flexibility index (Phi) is 25.0. The van der Waals surface area contributed by atoms with E-state index in [1.807, 2.05) is 0 Å². The van der Waals surface area contributed by atoms with E-state index < -0.39 is 17.1 Å². The highest BCUT2D eigenvalue weighted by atomic mass is 28.4. The van der Waals surface area contributed by atoms with Crippen molar-refractivity contribution in [3.05, 3.63) is 0 Å². The molecule has 0 radical (unpaired) electrons. The van der Waals surface area contributed by atoms with Gasteiger partial charge in [0.25, 0.3) is 0 Å². The monoisotopic (exact) mass is 661 g/mol. The van der Waals surface area contributed by atoms with Gasteiger partial charge in [0.2, 0.25) is 0 Å². The Morgan fingerprint density at radius 1 is 0.477 bits per heavy atom. The van der Waals surface area contributed by atoms with Gasteiger partial charge in [0.15, 0.2) is 0 Å². The van der Waals surface area contributed by atoms with Gasteiger partial charge in [-0.25, -0.2) is 0 Å². The summed E-state index contributed by atoms with van der Waals surface area (Å²) in [5.74, 6) is 0. The van der Waals surface area contributed by atoms with Crippen LogP contribution in [0.4, 0.5) is 0 Å². The lowest BCUT2D eigenvalue weighted by Gasteiger charge is -2.35. The van der Waals surface area contributed by atoms with Crippen molar-refractivity contribution >= 4 is 17.1 Å². The van der Waals surface area contributed by atoms with Crippen molar-refractivity contribution in [2.24, 2.45) is 0 Å². The minimum atomic E-state index is -2.07. The molecule has 0 spiro atoms. The fourth-order valence-electron chi connectivity index (χ4n) is 6.77. The van der Waals surface area contributed by atoms with Crippen molar-refractivity contribution in [2.45, 2.75) is 123 Å². The second-order valence-electron chi connectivity index (χ2n) is 13.4. The Morgan fingerprint density at radius 2 is 0.818 bits per heavy atom. The van der Waals surface area contributed by atoms with Crippen LogP contribution in [-0.2, 0) is 17.7 Å². The Bertz CT molecular complexity index is 599. The predicted molar refractivity (Wildman–Crippen MR) is 193 cm³/mol. The molecular weight excluding hydrogens is 585 g/mol. The standard InChI is InChI=1S/C34H76N4O4Si2/c1-9-39-43(40-10-2,32-22-24-35(5)6)30-19-15-13-17-26-37-28-21-29-38(34-37)27-18-14-16-20-31-44(41-11-3,42-12-4)33-23-25-36(7)8/h9-34H2,1-8H3. The zero-order valence-electron chi connectivity index (χ0n) is 30.8. The van der Waals surface area contributed by atoms with E-state index in [2.05, 4.69) is 75.5 Å². The summed E-state index contributed by atoms with van der Waals surface area (Å²) in [6, 6.07) is 4.54. The maximum absolute atomic E-state index is 6.35. The van der Waals surface area contributed by atoms with Crippen LogP contribution in [0, 0.1) is 0 Å². The third kappa shape index (κ3) is 19.7. The van der Waals surface area contributed by atoms with Crippen LogP contribution in [-0.4, -0.2) is 137 Å². The van der Waals surface area contributed by atoms with E-state index in [1.54, 1.807) is 0 Å². The smallest absolute Gasteiger partial charge is 0.338 e. The average molecular weight is 661 g/mol. The number of hydrogen-bond acceptors (Lipinski definition) is 8. The molecule has 264 valence electrons. The van der Waals surface area contributed by atoms with Crippen molar-refractivity contribution in [1.29, 1.82) is 0 Å². The molecule has 0 bridgehead atoms. The van der Waals surface area contributed by atoms with E-state index in [0.29, 0.717) is 0 Å². The van der Waals surface area contributed by atoms with E-state index in [9.17, 15) is 0 Å². The van der Waals surface area contributed by atoms with E-state index in [0.717, 1.165) is 70.4 Å². The summed E-state index contributed by atoms with van der Waals surface area (Å²) in [6.07, 6.45) is 14.0. The van der Waals surface area contributed by atoms with E-state index >= 15 is 0 Å². The second-order valence-corrected chi connectivity index (χ2v) is 20.2. The molecule has 1 saturated heterocycles. The Hall–Kier alpha value is 0.114. The summed E-state index contributed by atoms with van der Waals surface area (Å²) >= 11 is 0. The third-order valence-corrected chi connectivity index (χ3v) is 16.6. The Labute approximate surface area is 277 Å². The molecule has 0 amide bonds. The molecule has 0 atom stereocenters. The van der Waals surface area contributed by atoms with Gasteiger partial charge in [-0.2, -0.15) is 0 Å². The van der Waals surface area contributed by atoms with Crippen LogP contribution in [0.3, 0.4) is 0 Å². The average Bonchev–Trinajstić information content (AvgIpc) is 2.97. The quantitative estimate of drug-likeness (QED) is 0.0603. The molecule has 0 aromatic heterocycles. The molecule has 0 saturated carbocycles. The number of hydrogen-bond donors (Lipinski definition) is 0. The first-order valence-electron chi connectivity index (χ1n) is 18.5. The molecule has 10 heteroatoms. The molecule has 0 N–H and O–H groups in total. The first kappa shape index (κ1) is 42.1. The fourth-order valence-corrected chi connectivity index (χ4v) is 13.7. The van der Waals surface area contributed by atoms with Crippen LogP contribution in [0.2, 0.25) is 24.2 Å². The fraction of sp³-hybridized carbons (Fsp3) is 1.00. The van der Waals surface area contributed by atoms with Crippen molar-refractivity contribution in [3.8, 4) is 0 Å². The highest BCUT2D eigenvalue weighted by molar-refractivity contribution is 6.67. The molecule has 44 heavy (non-hydrogen) atoms. The van der Waals surface area contributed by atoms with Gasteiger partial charge in [0.1, 0.15) is 0 Å². The zero-order valence-corrected chi connectivity index (χ0v) is 32.8. The van der Waals surface area contributed by atoms with Crippen LogP contribution in [0.15, 0.2) is 0 Å². The van der Waals surface area contributed by atoms with Crippen molar-refractivity contribution in [1.82, 2.24) is 19.6 Å². The van der Waals surface area contributed by atoms with Crippen molar-refractivity contribution in [3.63, 3.8) is 0 Å². The second kappa shape index (κ2) is 26.1. The van der Waals surface area contributed by atoms with Crippen LogP contribution in [0.25, 0.3) is 0 Å². The van der Waals surface area contributed by atoms with Gasteiger partial charge < -0.3 is 27.5 Å². The van der Waals surface area contributed by atoms with Gasteiger partial charge in [-0.3, -0.25) is 9.80 Å². The lowest BCUT2D eigenvalue weighted by atomic mass is 10.1. The maximum atomic E-state index is 6.35. The molecule has 1 aliphatic rings. The molecule has 0 aromatic carbocycles. The van der Waals surface area contributed by atoms with Gasteiger partial charge in [0, 0.05) is 39.5 Å². The van der Waals surface area contributed by atoms with E-state index in [4.69, 9.17) is 17.7 Å². The van der Waals surface area contributed by atoms with Crippen LogP contribution in [0.1, 0.15) is 98.3 Å². The molecule has 1 aliphatic heterocycles. The summed E-state index contributed by atoms with van der Waals surface area (Å²) in [7, 11) is 4.48. The Balaban J connectivity index is 2.28. The number of rotatable bonds is 30. The summed E-state index contributed by atoms with van der Waals surface area (Å²) in [5.41, 5.74) is 0. The van der Waals surface area contributed by atoms with Crippen molar-refractivity contribution < 1.29 is 17.7 Å². The Morgan fingerprint density at radius 3 is 1.16 bits per heavy atom. The van der Waals surface area contributed by atoms with Crippen LogP contribution in [0.5, 0.6) is 0 Å². The summed E-state index contributed by atoms with van der Waals surface area (Å²) in [4.78, 5) is 9.93. The topological polar surface area (TPSA) is 49.9 Å². The third-order valence-electron chi connectivity index (χ3n) is 8.87. The molecule has 1 heterocycles. The summed E-state index contributed by atoms with van der Waals surface area (Å²) in [5, 5.41) is 0. The predicted octanol–water partition coefficient (Wildman–Crippen LogP) is 7.01. The first-order chi connectivity index (χ1) is 21.2. The first-order valence-corrected chi connectivity index (χ1v) is 23.0. The molecule has 0 aliphatic carbocycles. The van der Waals surface area contributed by atoms with Gasteiger partial charge in [-0.15, -0.1) is 0 Å². The SMILES string of the molecule is CCO[Si](CCCCCCN1CCCN(CCCCCC[Si](CCCN(C)C)(OCC)OCC)C1)(CCCN(C)C)OCC. The van der Waals surface area contributed by atoms with Gasteiger partial charge in [-0.05, 0) is 138 Å². The molecule has 8 nitrogen and oxygen atoms in total. The van der Waals surface area contributed by atoms with Crippen molar-refractivity contribution in [2.75, 3.05) is 101 Å². The van der Waals surface area contributed by atoms with Gasteiger partial charge >= 0.3 is 17.1 Å². The molecule has 0 unspecified atom stereocenters. The minimum absolute atomic E-state index is 0.779. The lowest BCUT2D eigenvalue weighted by Crippen LogP contribution is -2.45.